The van der Waals surface area contributed by atoms with Gasteiger partial charge in [-0.3, -0.25) is 4.79 Å². The van der Waals surface area contributed by atoms with Crippen LogP contribution in [0, 0.1) is 0 Å². The van der Waals surface area contributed by atoms with Gasteiger partial charge in [-0.25, -0.2) is 0 Å². The molecular weight excluding hydrogens is 200 g/mol. The van der Waals surface area contributed by atoms with Gasteiger partial charge in [-0.1, -0.05) is 30.3 Å². The molecule has 1 atom stereocenters. The molecule has 3 nitrogen and oxygen atoms in total. The number of likely N-dealkylation sites (N-methyl/N-ethyl adjacent to an activating group) is 1. The van der Waals surface area contributed by atoms with Crippen molar-refractivity contribution in [3.05, 3.63) is 35.9 Å². The first kappa shape index (κ1) is 11.1. The van der Waals surface area contributed by atoms with E-state index in [-0.39, 0.29) is 11.3 Å². The van der Waals surface area contributed by atoms with Gasteiger partial charge in [-0.05, 0) is 19.0 Å². The van der Waals surface area contributed by atoms with Crippen LogP contribution in [0.1, 0.15) is 18.4 Å². The number of rotatable bonds is 3. The smallest absolute Gasteiger partial charge is 0.220 e. The molecule has 16 heavy (non-hydrogen) atoms. The molecule has 0 aliphatic carbocycles. The summed E-state index contributed by atoms with van der Waals surface area (Å²) in [6, 6.07) is 10.3. The Morgan fingerprint density at radius 2 is 2.12 bits per heavy atom. The summed E-state index contributed by atoms with van der Waals surface area (Å²) < 4.78 is 0. The Bertz CT molecular complexity index is 359. The van der Waals surface area contributed by atoms with E-state index in [1.807, 2.05) is 25.2 Å². The van der Waals surface area contributed by atoms with E-state index in [9.17, 15) is 4.79 Å². The molecule has 1 saturated heterocycles. The SMILES string of the molecule is CNCC1(c2ccccc2)CCNC(=O)C1. The van der Waals surface area contributed by atoms with E-state index in [1.165, 1.54) is 5.56 Å². The van der Waals surface area contributed by atoms with E-state index >= 15 is 0 Å². The van der Waals surface area contributed by atoms with Crippen molar-refractivity contribution in [2.24, 2.45) is 0 Å². The summed E-state index contributed by atoms with van der Waals surface area (Å²) in [7, 11) is 1.94. The van der Waals surface area contributed by atoms with Crippen LogP contribution in [0.3, 0.4) is 0 Å². The summed E-state index contributed by atoms with van der Waals surface area (Å²) in [6.07, 6.45) is 1.58. The lowest BCUT2D eigenvalue weighted by molar-refractivity contribution is -0.124. The number of carbonyl (C=O) groups is 1. The van der Waals surface area contributed by atoms with Crippen LogP contribution in [0.25, 0.3) is 0 Å². The van der Waals surface area contributed by atoms with Gasteiger partial charge in [-0.15, -0.1) is 0 Å². The zero-order chi connectivity index (χ0) is 11.4. The first-order chi connectivity index (χ1) is 7.77. The topological polar surface area (TPSA) is 41.1 Å². The number of benzene rings is 1. The van der Waals surface area contributed by atoms with Crippen molar-refractivity contribution in [2.45, 2.75) is 18.3 Å². The average molecular weight is 218 g/mol. The predicted molar refractivity (Wildman–Crippen MR) is 64.3 cm³/mol. The molecule has 1 aromatic rings. The highest BCUT2D eigenvalue weighted by atomic mass is 16.1. The second-order valence-electron chi connectivity index (χ2n) is 4.45. The summed E-state index contributed by atoms with van der Waals surface area (Å²) in [5.74, 6) is 0.158. The molecule has 0 bridgehead atoms. The van der Waals surface area contributed by atoms with Gasteiger partial charge in [-0.2, -0.15) is 0 Å². The lowest BCUT2D eigenvalue weighted by atomic mass is 9.73. The lowest BCUT2D eigenvalue weighted by Crippen LogP contribution is -2.48. The summed E-state index contributed by atoms with van der Waals surface area (Å²) in [4.78, 5) is 11.6. The molecule has 86 valence electrons. The molecule has 0 saturated carbocycles. The average Bonchev–Trinajstić information content (AvgIpc) is 2.31. The Balaban J connectivity index is 2.31. The number of piperidine rings is 1. The third-order valence-electron chi connectivity index (χ3n) is 3.33. The van der Waals surface area contributed by atoms with Crippen LogP contribution >= 0.6 is 0 Å². The van der Waals surface area contributed by atoms with Gasteiger partial charge in [0.15, 0.2) is 0 Å². The van der Waals surface area contributed by atoms with Gasteiger partial charge >= 0.3 is 0 Å². The molecule has 0 radical (unpaired) electrons. The Morgan fingerprint density at radius 3 is 2.75 bits per heavy atom. The maximum absolute atomic E-state index is 11.6. The minimum Gasteiger partial charge on any atom is -0.356 e. The van der Waals surface area contributed by atoms with Crippen molar-refractivity contribution in [3.8, 4) is 0 Å². The second kappa shape index (κ2) is 4.66. The normalized spacial score (nSPS) is 25.2. The quantitative estimate of drug-likeness (QED) is 0.796. The fourth-order valence-electron chi connectivity index (χ4n) is 2.53. The van der Waals surface area contributed by atoms with Crippen LogP contribution in [-0.2, 0) is 10.2 Å². The zero-order valence-electron chi connectivity index (χ0n) is 9.62. The molecule has 1 amide bonds. The molecule has 1 aromatic carbocycles. The molecular formula is C13H18N2O. The van der Waals surface area contributed by atoms with Crippen LogP contribution < -0.4 is 10.6 Å². The standard InChI is InChI=1S/C13H18N2O/c1-14-10-13(7-8-15-12(16)9-13)11-5-3-2-4-6-11/h2-6,14H,7-10H2,1H3,(H,15,16). The Labute approximate surface area is 96.2 Å². The Kier molecular flexibility index (Phi) is 3.25. The molecule has 1 unspecified atom stereocenters. The van der Waals surface area contributed by atoms with Gasteiger partial charge in [0.05, 0.1) is 0 Å². The van der Waals surface area contributed by atoms with Crippen LogP contribution in [0.2, 0.25) is 0 Å². The molecule has 1 aliphatic heterocycles. The first-order valence-corrected chi connectivity index (χ1v) is 5.74. The van der Waals surface area contributed by atoms with E-state index < -0.39 is 0 Å². The van der Waals surface area contributed by atoms with E-state index in [1.54, 1.807) is 0 Å². The van der Waals surface area contributed by atoms with Crippen molar-refractivity contribution in [1.29, 1.82) is 0 Å². The summed E-state index contributed by atoms with van der Waals surface area (Å²) in [5, 5.41) is 6.12. The largest absolute Gasteiger partial charge is 0.356 e. The van der Waals surface area contributed by atoms with Crippen molar-refractivity contribution in [1.82, 2.24) is 10.6 Å². The van der Waals surface area contributed by atoms with Crippen LogP contribution in [0.4, 0.5) is 0 Å². The minimum absolute atomic E-state index is 0.0294. The highest BCUT2D eigenvalue weighted by Gasteiger charge is 2.36. The molecule has 2 rings (SSSR count). The lowest BCUT2D eigenvalue weighted by Gasteiger charge is -2.37. The molecule has 1 fully saturated rings. The van der Waals surface area contributed by atoms with E-state index in [0.29, 0.717) is 6.42 Å². The van der Waals surface area contributed by atoms with Gasteiger partial charge in [0.1, 0.15) is 0 Å². The van der Waals surface area contributed by atoms with Crippen molar-refractivity contribution in [2.75, 3.05) is 20.1 Å². The molecule has 0 aromatic heterocycles. The van der Waals surface area contributed by atoms with Gasteiger partial charge < -0.3 is 10.6 Å². The fourth-order valence-corrected chi connectivity index (χ4v) is 2.53. The predicted octanol–water partition coefficient (Wildman–Crippen LogP) is 1.05. The number of hydrogen-bond acceptors (Lipinski definition) is 2. The second-order valence-corrected chi connectivity index (χ2v) is 4.45. The van der Waals surface area contributed by atoms with Crippen molar-refractivity contribution < 1.29 is 4.79 Å². The molecule has 0 spiro atoms. The van der Waals surface area contributed by atoms with Gasteiger partial charge in [0.2, 0.25) is 5.91 Å². The number of carbonyl (C=O) groups excluding carboxylic acids is 1. The number of amides is 1. The Morgan fingerprint density at radius 1 is 1.38 bits per heavy atom. The van der Waals surface area contributed by atoms with Gasteiger partial charge in [0.25, 0.3) is 0 Å². The first-order valence-electron chi connectivity index (χ1n) is 5.74. The molecule has 3 heteroatoms. The van der Waals surface area contributed by atoms with Crippen molar-refractivity contribution in [3.63, 3.8) is 0 Å². The summed E-state index contributed by atoms with van der Waals surface area (Å²) in [6.45, 7) is 1.62. The Hall–Kier alpha value is -1.35. The van der Waals surface area contributed by atoms with Crippen LogP contribution in [-0.4, -0.2) is 26.0 Å². The van der Waals surface area contributed by atoms with Gasteiger partial charge in [0, 0.05) is 24.9 Å². The summed E-state index contributed by atoms with van der Waals surface area (Å²) >= 11 is 0. The highest BCUT2D eigenvalue weighted by molar-refractivity contribution is 5.78. The highest BCUT2D eigenvalue weighted by Crippen LogP contribution is 2.33. The summed E-state index contributed by atoms with van der Waals surface area (Å²) in [5.41, 5.74) is 1.23. The minimum atomic E-state index is -0.0294. The molecule has 1 aliphatic rings. The maximum Gasteiger partial charge on any atom is 0.220 e. The number of hydrogen-bond donors (Lipinski definition) is 2. The van der Waals surface area contributed by atoms with E-state index in [2.05, 4.69) is 22.8 Å². The number of nitrogens with one attached hydrogen (secondary N) is 2. The van der Waals surface area contributed by atoms with E-state index in [4.69, 9.17) is 0 Å². The van der Waals surface area contributed by atoms with Crippen LogP contribution in [0.15, 0.2) is 30.3 Å². The molecule has 2 N–H and O–H groups in total. The monoisotopic (exact) mass is 218 g/mol. The van der Waals surface area contributed by atoms with E-state index in [0.717, 1.165) is 19.5 Å². The zero-order valence-corrected chi connectivity index (χ0v) is 9.62. The maximum atomic E-state index is 11.6. The fraction of sp³-hybridized carbons (Fsp3) is 0.462. The van der Waals surface area contributed by atoms with Crippen LogP contribution in [0.5, 0.6) is 0 Å². The third kappa shape index (κ3) is 2.09. The molecule has 1 heterocycles. The van der Waals surface area contributed by atoms with Crippen molar-refractivity contribution >= 4 is 5.91 Å². The third-order valence-corrected chi connectivity index (χ3v) is 3.33.